The van der Waals surface area contributed by atoms with Gasteiger partial charge in [0.2, 0.25) is 5.65 Å². The van der Waals surface area contributed by atoms with Crippen LogP contribution in [0.3, 0.4) is 0 Å². The van der Waals surface area contributed by atoms with E-state index >= 15 is 0 Å². The van der Waals surface area contributed by atoms with Crippen LogP contribution in [0.25, 0.3) is 16.9 Å². The predicted molar refractivity (Wildman–Crippen MR) is 71.2 cm³/mol. The minimum atomic E-state index is 0.611. The van der Waals surface area contributed by atoms with E-state index in [2.05, 4.69) is 20.6 Å². The number of hydrogen-bond donors (Lipinski definition) is 1. The third-order valence-corrected chi connectivity index (χ3v) is 2.92. The summed E-state index contributed by atoms with van der Waals surface area (Å²) in [6.45, 7) is 0. The molecule has 0 amide bonds. The summed E-state index contributed by atoms with van der Waals surface area (Å²) in [6.07, 6.45) is 1.69. The highest BCUT2D eigenvalue weighted by Gasteiger charge is 2.10. The molecule has 1 aromatic carbocycles. The SMILES string of the molecule is CNc1ccc(Cl)cc1-n1nnc2ncccc21. The van der Waals surface area contributed by atoms with E-state index in [4.69, 9.17) is 11.6 Å². The van der Waals surface area contributed by atoms with Crippen molar-refractivity contribution in [3.63, 3.8) is 0 Å². The lowest BCUT2D eigenvalue weighted by Gasteiger charge is -2.09. The number of anilines is 1. The Hall–Kier alpha value is -2.14. The predicted octanol–water partition coefficient (Wildman–Crippen LogP) is 2.51. The number of halogens is 1. The fraction of sp³-hybridized carbons (Fsp3) is 0.0833. The van der Waals surface area contributed by atoms with Gasteiger partial charge in [0.25, 0.3) is 0 Å². The number of aromatic nitrogens is 4. The molecule has 2 heterocycles. The lowest BCUT2D eigenvalue weighted by atomic mass is 10.2. The molecule has 0 aliphatic rings. The van der Waals surface area contributed by atoms with Crippen molar-refractivity contribution in [1.82, 2.24) is 20.0 Å². The second-order valence-electron chi connectivity index (χ2n) is 3.76. The highest BCUT2D eigenvalue weighted by atomic mass is 35.5. The number of fused-ring (bicyclic) bond motifs is 1. The molecule has 0 saturated carbocycles. The van der Waals surface area contributed by atoms with Crippen LogP contribution in [0, 0.1) is 0 Å². The smallest absolute Gasteiger partial charge is 0.202 e. The number of nitrogens with zero attached hydrogens (tertiary/aromatic N) is 4. The Morgan fingerprint density at radius 2 is 2.17 bits per heavy atom. The van der Waals surface area contributed by atoms with Crippen molar-refractivity contribution < 1.29 is 0 Å². The van der Waals surface area contributed by atoms with Gasteiger partial charge in [-0.25, -0.2) is 9.67 Å². The molecule has 2 aromatic heterocycles. The first-order chi connectivity index (χ1) is 8.79. The zero-order valence-corrected chi connectivity index (χ0v) is 10.4. The largest absolute Gasteiger partial charge is 0.386 e. The van der Waals surface area contributed by atoms with E-state index in [0.29, 0.717) is 10.7 Å². The summed E-state index contributed by atoms with van der Waals surface area (Å²) in [6, 6.07) is 9.35. The molecule has 1 N–H and O–H groups in total. The van der Waals surface area contributed by atoms with Gasteiger partial charge in [-0.05, 0) is 30.3 Å². The third-order valence-electron chi connectivity index (χ3n) is 2.68. The second-order valence-corrected chi connectivity index (χ2v) is 4.20. The zero-order chi connectivity index (χ0) is 12.5. The maximum Gasteiger partial charge on any atom is 0.202 e. The van der Waals surface area contributed by atoms with Crippen molar-refractivity contribution in [2.75, 3.05) is 12.4 Å². The molecule has 0 spiro atoms. The van der Waals surface area contributed by atoms with Crippen molar-refractivity contribution in [3.8, 4) is 5.69 Å². The monoisotopic (exact) mass is 259 g/mol. The van der Waals surface area contributed by atoms with Crippen molar-refractivity contribution in [2.45, 2.75) is 0 Å². The summed E-state index contributed by atoms with van der Waals surface area (Å²) in [5, 5.41) is 11.9. The molecule has 0 unspecified atom stereocenters. The molecule has 6 heteroatoms. The summed E-state index contributed by atoms with van der Waals surface area (Å²) in [5.41, 5.74) is 3.23. The highest BCUT2D eigenvalue weighted by molar-refractivity contribution is 6.30. The van der Waals surface area contributed by atoms with E-state index in [0.717, 1.165) is 16.9 Å². The third kappa shape index (κ3) is 1.69. The van der Waals surface area contributed by atoms with Gasteiger partial charge in [0, 0.05) is 18.3 Å². The van der Waals surface area contributed by atoms with Crippen LogP contribution in [0.4, 0.5) is 5.69 Å². The molecule has 0 aliphatic carbocycles. The van der Waals surface area contributed by atoms with Crippen LogP contribution < -0.4 is 5.32 Å². The standard InChI is InChI=1S/C12H10ClN5/c1-14-9-5-4-8(13)7-11(9)18-10-3-2-6-15-12(10)16-17-18/h2-7,14H,1H3. The van der Waals surface area contributed by atoms with Crippen LogP contribution in [0.5, 0.6) is 0 Å². The van der Waals surface area contributed by atoms with Gasteiger partial charge in [-0.15, -0.1) is 5.10 Å². The fourth-order valence-electron chi connectivity index (χ4n) is 1.84. The molecule has 0 fully saturated rings. The fourth-order valence-corrected chi connectivity index (χ4v) is 2.00. The van der Waals surface area contributed by atoms with Crippen LogP contribution in [0.1, 0.15) is 0 Å². The van der Waals surface area contributed by atoms with Gasteiger partial charge in [-0.3, -0.25) is 0 Å². The first-order valence-corrected chi connectivity index (χ1v) is 5.81. The summed E-state index contributed by atoms with van der Waals surface area (Å²) in [5.74, 6) is 0. The first kappa shape index (κ1) is 11.0. The van der Waals surface area contributed by atoms with Gasteiger partial charge >= 0.3 is 0 Å². The summed E-state index contributed by atoms with van der Waals surface area (Å²) < 4.78 is 1.72. The summed E-state index contributed by atoms with van der Waals surface area (Å²) >= 11 is 6.04. The van der Waals surface area contributed by atoms with Crippen LogP contribution in [0.2, 0.25) is 5.02 Å². The minimum absolute atomic E-state index is 0.611. The normalized spacial score (nSPS) is 10.8. The van der Waals surface area contributed by atoms with Gasteiger partial charge in [0.05, 0.1) is 11.4 Å². The lowest BCUT2D eigenvalue weighted by molar-refractivity contribution is 0.824. The van der Waals surface area contributed by atoms with Crippen molar-refractivity contribution in [1.29, 1.82) is 0 Å². The van der Waals surface area contributed by atoms with Crippen LogP contribution in [0.15, 0.2) is 36.5 Å². The molecule has 3 rings (SSSR count). The van der Waals surface area contributed by atoms with Gasteiger partial charge in [0.1, 0.15) is 5.52 Å². The Kier molecular flexibility index (Phi) is 2.60. The van der Waals surface area contributed by atoms with E-state index in [1.807, 2.05) is 37.4 Å². The summed E-state index contributed by atoms with van der Waals surface area (Å²) in [4.78, 5) is 4.16. The van der Waals surface area contributed by atoms with Crippen LogP contribution in [-0.2, 0) is 0 Å². The molecule has 0 atom stereocenters. The number of benzene rings is 1. The second kappa shape index (κ2) is 4.27. The molecule has 18 heavy (non-hydrogen) atoms. The van der Waals surface area contributed by atoms with Gasteiger partial charge in [-0.1, -0.05) is 16.8 Å². The van der Waals surface area contributed by atoms with E-state index in [9.17, 15) is 0 Å². The molecule has 0 aliphatic heterocycles. The Balaban J connectivity index is 2.29. The van der Waals surface area contributed by atoms with E-state index < -0.39 is 0 Å². The van der Waals surface area contributed by atoms with Crippen molar-refractivity contribution in [3.05, 3.63) is 41.6 Å². The first-order valence-electron chi connectivity index (χ1n) is 5.43. The Labute approximate surface area is 108 Å². The van der Waals surface area contributed by atoms with E-state index in [-0.39, 0.29) is 0 Å². The number of rotatable bonds is 2. The molecular formula is C12H10ClN5. The molecular weight excluding hydrogens is 250 g/mol. The van der Waals surface area contributed by atoms with Crippen molar-refractivity contribution in [2.24, 2.45) is 0 Å². The van der Waals surface area contributed by atoms with Gasteiger partial charge in [0.15, 0.2) is 0 Å². The zero-order valence-electron chi connectivity index (χ0n) is 9.63. The average Bonchev–Trinajstić information content (AvgIpc) is 2.82. The Morgan fingerprint density at radius 1 is 1.28 bits per heavy atom. The lowest BCUT2D eigenvalue weighted by Crippen LogP contribution is -2.02. The van der Waals surface area contributed by atoms with Gasteiger partial charge < -0.3 is 5.32 Å². The van der Waals surface area contributed by atoms with E-state index in [1.165, 1.54) is 0 Å². The topological polar surface area (TPSA) is 55.6 Å². The Morgan fingerprint density at radius 3 is 3.00 bits per heavy atom. The van der Waals surface area contributed by atoms with E-state index in [1.54, 1.807) is 10.9 Å². The molecule has 3 aromatic rings. The number of nitrogens with one attached hydrogen (secondary N) is 1. The number of hydrogen-bond acceptors (Lipinski definition) is 4. The average molecular weight is 260 g/mol. The molecule has 0 radical (unpaired) electrons. The number of pyridine rings is 1. The van der Waals surface area contributed by atoms with Crippen LogP contribution >= 0.6 is 11.6 Å². The molecule has 0 bridgehead atoms. The molecule has 90 valence electrons. The van der Waals surface area contributed by atoms with Gasteiger partial charge in [-0.2, -0.15) is 0 Å². The Bertz CT molecular complexity index is 707. The maximum atomic E-state index is 6.04. The summed E-state index contributed by atoms with van der Waals surface area (Å²) in [7, 11) is 1.85. The molecule has 0 saturated heterocycles. The minimum Gasteiger partial charge on any atom is -0.386 e. The van der Waals surface area contributed by atoms with Crippen molar-refractivity contribution >= 4 is 28.5 Å². The maximum absolute atomic E-state index is 6.04. The van der Waals surface area contributed by atoms with Crippen LogP contribution in [-0.4, -0.2) is 27.0 Å². The molecule has 5 nitrogen and oxygen atoms in total. The quantitative estimate of drug-likeness (QED) is 0.768. The highest BCUT2D eigenvalue weighted by Crippen LogP contribution is 2.25.